The molecule has 2 rings (SSSR count). The van der Waals surface area contributed by atoms with Crippen LogP contribution in [0.4, 0.5) is 11.5 Å². The lowest BCUT2D eigenvalue weighted by atomic mass is 10.1. The van der Waals surface area contributed by atoms with E-state index in [1.54, 1.807) is 12.3 Å². The summed E-state index contributed by atoms with van der Waals surface area (Å²) in [7, 11) is 1.96. The second-order valence-corrected chi connectivity index (χ2v) is 4.82. The number of anilines is 2. The number of nitrogens with zero attached hydrogens (tertiary/aromatic N) is 2. The molecule has 94 valence electrons. The van der Waals surface area contributed by atoms with Gasteiger partial charge in [-0.25, -0.2) is 4.98 Å². The van der Waals surface area contributed by atoms with E-state index in [9.17, 15) is 0 Å². The molecule has 0 saturated carbocycles. The highest BCUT2D eigenvalue weighted by atomic mass is 35.5. The number of pyridine rings is 1. The molecule has 18 heavy (non-hydrogen) atoms. The molecule has 0 bridgehead atoms. The Labute approximate surface area is 112 Å². The van der Waals surface area contributed by atoms with Crippen LogP contribution in [-0.2, 0) is 6.54 Å². The maximum atomic E-state index is 6.13. The average Bonchev–Trinajstić information content (AvgIpc) is 2.32. The summed E-state index contributed by atoms with van der Waals surface area (Å²) in [5, 5.41) is 0.574. The Morgan fingerprint density at radius 2 is 1.94 bits per heavy atom. The van der Waals surface area contributed by atoms with E-state index in [-0.39, 0.29) is 0 Å². The van der Waals surface area contributed by atoms with E-state index in [1.807, 2.05) is 11.9 Å². The van der Waals surface area contributed by atoms with E-state index in [2.05, 4.69) is 36.2 Å². The number of nitrogen functional groups attached to an aromatic ring is 1. The number of hydrogen-bond acceptors (Lipinski definition) is 3. The highest BCUT2D eigenvalue weighted by Gasteiger charge is 2.08. The van der Waals surface area contributed by atoms with Crippen LogP contribution in [0.25, 0.3) is 0 Å². The van der Waals surface area contributed by atoms with Crippen molar-refractivity contribution in [3.8, 4) is 0 Å². The van der Waals surface area contributed by atoms with Crippen LogP contribution in [-0.4, -0.2) is 12.0 Å². The van der Waals surface area contributed by atoms with Crippen molar-refractivity contribution >= 4 is 23.1 Å². The van der Waals surface area contributed by atoms with Gasteiger partial charge in [0.2, 0.25) is 0 Å². The Hall–Kier alpha value is -1.74. The maximum absolute atomic E-state index is 6.13. The first-order valence-electron chi connectivity index (χ1n) is 5.74. The number of hydrogen-bond donors (Lipinski definition) is 1. The zero-order valence-electron chi connectivity index (χ0n) is 10.5. The van der Waals surface area contributed by atoms with Crippen LogP contribution in [0.15, 0.2) is 36.5 Å². The molecular formula is C14H16ClN3. The Balaban J connectivity index is 2.16. The molecule has 0 aliphatic carbocycles. The molecule has 0 aliphatic heterocycles. The molecule has 4 heteroatoms. The summed E-state index contributed by atoms with van der Waals surface area (Å²) < 4.78 is 0. The topological polar surface area (TPSA) is 42.2 Å². The molecule has 0 fully saturated rings. The smallest absolute Gasteiger partial charge is 0.147 e. The third-order valence-electron chi connectivity index (χ3n) is 2.74. The van der Waals surface area contributed by atoms with Crippen LogP contribution < -0.4 is 10.6 Å². The van der Waals surface area contributed by atoms with Crippen molar-refractivity contribution in [3.05, 3.63) is 52.7 Å². The zero-order chi connectivity index (χ0) is 13.1. The summed E-state index contributed by atoms with van der Waals surface area (Å²) in [4.78, 5) is 6.27. The van der Waals surface area contributed by atoms with Crippen molar-refractivity contribution in [2.75, 3.05) is 17.7 Å². The normalized spacial score (nSPS) is 10.4. The Morgan fingerprint density at radius 3 is 2.56 bits per heavy atom. The van der Waals surface area contributed by atoms with Gasteiger partial charge in [0.05, 0.1) is 16.9 Å². The fraction of sp³-hybridized carbons (Fsp3) is 0.214. The van der Waals surface area contributed by atoms with Crippen LogP contribution in [0.1, 0.15) is 11.1 Å². The third-order valence-corrected chi connectivity index (χ3v) is 3.02. The van der Waals surface area contributed by atoms with E-state index in [0.717, 1.165) is 12.4 Å². The van der Waals surface area contributed by atoms with Gasteiger partial charge in [0.15, 0.2) is 0 Å². The second kappa shape index (κ2) is 5.27. The van der Waals surface area contributed by atoms with E-state index >= 15 is 0 Å². The number of aromatic nitrogens is 1. The highest BCUT2D eigenvalue weighted by Crippen LogP contribution is 2.25. The zero-order valence-corrected chi connectivity index (χ0v) is 11.3. The largest absolute Gasteiger partial charge is 0.397 e. The molecule has 1 heterocycles. The molecule has 0 spiro atoms. The number of nitrogens with two attached hydrogens (primary N) is 1. The number of rotatable bonds is 3. The van der Waals surface area contributed by atoms with Gasteiger partial charge in [-0.3, -0.25) is 0 Å². The molecule has 3 nitrogen and oxygen atoms in total. The minimum absolute atomic E-state index is 0.574. The molecule has 1 aromatic carbocycles. The fourth-order valence-electron chi connectivity index (χ4n) is 1.77. The van der Waals surface area contributed by atoms with E-state index in [0.29, 0.717) is 10.7 Å². The predicted octanol–water partition coefficient (Wildman–Crippen LogP) is 3.26. The Bertz CT molecular complexity index is 537. The van der Waals surface area contributed by atoms with Gasteiger partial charge < -0.3 is 10.6 Å². The average molecular weight is 262 g/mol. The van der Waals surface area contributed by atoms with Crippen LogP contribution in [0.3, 0.4) is 0 Å². The fourth-order valence-corrected chi connectivity index (χ4v) is 2.09. The summed E-state index contributed by atoms with van der Waals surface area (Å²) in [6.07, 6.45) is 1.62. The Kier molecular flexibility index (Phi) is 3.72. The first kappa shape index (κ1) is 12.7. The predicted molar refractivity (Wildman–Crippen MR) is 76.9 cm³/mol. The number of aryl methyl sites for hydroxylation is 1. The molecule has 1 aromatic heterocycles. The van der Waals surface area contributed by atoms with Gasteiger partial charge in [0.25, 0.3) is 0 Å². The molecule has 0 amide bonds. The standard InChI is InChI=1S/C14H16ClN3/c1-10-3-5-11(6-4-10)9-18(2)14-13(15)7-12(16)8-17-14/h3-8H,9,16H2,1-2H3. The lowest BCUT2D eigenvalue weighted by Gasteiger charge is -2.19. The van der Waals surface area contributed by atoms with Gasteiger partial charge >= 0.3 is 0 Å². The minimum atomic E-state index is 0.574. The van der Waals surface area contributed by atoms with Crippen LogP contribution in [0.2, 0.25) is 5.02 Å². The second-order valence-electron chi connectivity index (χ2n) is 4.42. The first-order valence-corrected chi connectivity index (χ1v) is 6.12. The summed E-state index contributed by atoms with van der Waals surface area (Å²) in [5.74, 6) is 0.742. The summed E-state index contributed by atoms with van der Waals surface area (Å²) >= 11 is 6.13. The van der Waals surface area contributed by atoms with Gasteiger partial charge in [0, 0.05) is 13.6 Å². The maximum Gasteiger partial charge on any atom is 0.147 e. The molecule has 0 unspecified atom stereocenters. The summed E-state index contributed by atoms with van der Waals surface area (Å²) in [6.45, 7) is 2.84. The number of halogens is 1. The van der Waals surface area contributed by atoms with Crippen molar-refractivity contribution < 1.29 is 0 Å². The van der Waals surface area contributed by atoms with Crippen LogP contribution in [0, 0.1) is 6.92 Å². The van der Waals surface area contributed by atoms with Crippen molar-refractivity contribution in [2.24, 2.45) is 0 Å². The molecule has 2 N–H and O–H groups in total. The Morgan fingerprint density at radius 1 is 1.28 bits per heavy atom. The van der Waals surface area contributed by atoms with Gasteiger partial charge in [-0.1, -0.05) is 41.4 Å². The van der Waals surface area contributed by atoms with Crippen molar-refractivity contribution in [1.29, 1.82) is 0 Å². The van der Waals surface area contributed by atoms with Gasteiger partial charge in [0.1, 0.15) is 5.82 Å². The molecule has 0 saturated heterocycles. The third kappa shape index (κ3) is 2.93. The van der Waals surface area contributed by atoms with Crippen LogP contribution >= 0.6 is 11.6 Å². The quantitative estimate of drug-likeness (QED) is 0.922. The molecule has 0 atom stereocenters. The minimum Gasteiger partial charge on any atom is -0.397 e. The summed E-state index contributed by atoms with van der Waals surface area (Å²) in [5.41, 5.74) is 8.68. The van der Waals surface area contributed by atoms with Gasteiger partial charge in [-0.05, 0) is 18.6 Å². The molecule has 0 aliphatic rings. The summed E-state index contributed by atoms with van der Waals surface area (Å²) in [6, 6.07) is 10.1. The lowest BCUT2D eigenvalue weighted by molar-refractivity contribution is 0.898. The van der Waals surface area contributed by atoms with Crippen molar-refractivity contribution in [3.63, 3.8) is 0 Å². The van der Waals surface area contributed by atoms with Crippen molar-refractivity contribution in [1.82, 2.24) is 4.98 Å². The van der Waals surface area contributed by atoms with Gasteiger partial charge in [-0.2, -0.15) is 0 Å². The van der Waals surface area contributed by atoms with E-state index in [1.165, 1.54) is 11.1 Å². The lowest BCUT2D eigenvalue weighted by Crippen LogP contribution is -2.18. The van der Waals surface area contributed by atoms with Crippen molar-refractivity contribution in [2.45, 2.75) is 13.5 Å². The molecule has 2 aromatic rings. The van der Waals surface area contributed by atoms with E-state index < -0.39 is 0 Å². The highest BCUT2D eigenvalue weighted by molar-refractivity contribution is 6.33. The first-order chi connectivity index (χ1) is 8.56. The SMILES string of the molecule is Cc1ccc(CN(C)c2ncc(N)cc2Cl)cc1. The molecule has 0 radical (unpaired) electrons. The van der Waals surface area contributed by atoms with Crippen LogP contribution in [0.5, 0.6) is 0 Å². The molecular weight excluding hydrogens is 246 g/mol. The van der Waals surface area contributed by atoms with E-state index in [4.69, 9.17) is 17.3 Å². The monoisotopic (exact) mass is 261 g/mol. The van der Waals surface area contributed by atoms with Gasteiger partial charge in [-0.15, -0.1) is 0 Å². The number of benzene rings is 1.